The van der Waals surface area contributed by atoms with Gasteiger partial charge in [0.05, 0.1) is 12.1 Å². The molecule has 29 heavy (non-hydrogen) atoms. The zero-order valence-corrected chi connectivity index (χ0v) is 16.1. The molecule has 0 saturated carbocycles. The van der Waals surface area contributed by atoms with Crippen molar-refractivity contribution < 1.29 is 32.6 Å². The molecule has 10 heteroatoms. The first-order valence-corrected chi connectivity index (χ1v) is 9.11. The molecule has 0 unspecified atom stereocenters. The van der Waals surface area contributed by atoms with Crippen molar-refractivity contribution >= 4 is 40.8 Å². The highest BCUT2D eigenvalue weighted by Crippen LogP contribution is 2.42. The third-order valence-corrected chi connectivity index (χ3v) is 4.87. The van der Waals surface area contributed by atoms with Crippen LogP contribution in [0.1, 0.15) is 23.7 Å². The van der Waals surface area contributed by atoms with E-state index in [1.807, 2.05) is 0 Å². The molecular formula is C19H14Cl2F3NO4. The van der Waals surface area contributed by atoms with Crippen LogP contribution in [0, 0.1) is 0 Å². The Morgan fingerprint density at radius 2 is 1.83 bits per heavy atom. The number of fused-ring (bicyclic) bond motifs is 1. The fourth-order valence-corrected chi connectivity index (χ4v) is 3.55. The number of halogens is 5. The Kier molecular flexibility index (Phi) is 6.07. The van der Waals surface area contributed by atoms with Crippen molar-refractivity contribution in [3.63, 3.8) is 0 Å². The normalized spacial score (nSPS) is 19.6. The number of amides is 1. The number of nitrogens with zero attached hydrogens (tertiary/aromatic N) is 1. The van der Waals surface area contributed by atoms with Crippen LogP contribution in [-0.4, -0.2) is 35.8 Å². The van der Waals surface area contributed by atoms with Gasteiger partial charge in [-0.1, -0.05) is 41.4 Å². The molecule has 154 valence electrons. The summed E-state index contributed by atoms with van der Waals surface area (Å²) in [5.41, 5.74) is 0.473. The monoisotopic (exact) mass is 447 g/mol. The Morgan fingerprint density at radius 3 is 2.45 bits per heavy atom. The summed E-state index contributed by atoms with van der Waals surface area (Å²) < 4.78 is 45.3. The van der Waals surface area contributed by atoms with Crippen molar-refractivity contribution in [2.45, 2.75) is 24.8 Å². The van der Waals surface area contributed by atoms with Gasteiger partial charge in [0.15, 0.2) is 0 Å². The molecule has 2 aromatic rings. The quantitative estimate of drug-likeness (QED) is 0.727. The number of alkyl halides is 3. The van der Waals surface area contributed by atoms with E-state index in [1.54, 1.807) is 24.3 Å². The van der Waals surface area contributed by atoms with Crippen LogP contribution < -0.4 is 4.90 Å². The molecule has 2 atom stereocenters. The van der Waals surface area contributed by atoms with Crippen LogP contribution in [0.5, 0.6) is 0 Å². The first-order valence-electron chi connectivity index (χ1n) is 8.36. The molecule has 0 fully saturated rings. The molecule has 1 N–H and O–H groups in total. The summed E-state index contributed by atoms with van der Waals surface area (Å²) in [6.07, 6.45) is -8.27. The van der Waals surface area contributed by atoms with Crippen LogP contribution in [0.2, 0.25) is 10.0 Å². The second-order valence-electron chi connectivity index (χ2n) is 6.37. The molecule has 2 aromatic carbocycles. The zero-order chi connectivity index (χ0) is 21.3. The van der Waals surface area contributed by atoms with Crippen LogP contribution in [0.15, 0.2) is 42.5 Å². The first kappa shape index (κ1) is 21.4. The second kappa shape index (κ2) is 8.22. The van der Waals surface area contributed by atoms with Gasteiger partial charge in [-0.15, -0.1) is 0 Å². The summed E-state index contributed by atoms with van der Waals surface area (Å²) in [4.78, 5) is 24.6. The number of benzene rings is 2. The maximum atomic E-state index is 13.2. The molecule has 0 aliphatic carbocycles. The van der Waals surface area contributed by atoms with E-state index in [0.29, 0.717) is 10.5 Å². The third kappa shape index (κ3) is 4.83. The van der Waals surface area contributed by atoms with Gasteiger partial charge >= 0.3 is 12.1 Å². The van der Waals surface area contributed by atoms with E-state index in [-0.39, 0.29) is 21.3 Å². The minimum atomic E-state index is -4.72. The fraction of sp³-hybridized carbons (Fsp3) is 0.263. The molecule has 5 nitrogen and oxygen atoms in total. The zero-order valence-electron chi connectivity index (χ0n) is 14.6. The molecule has 0 spiro atoms. The number of hydrogen-bond donors (Lipinski definition) is 1. The smallest absolute Gasteiger partial charge is 0.406 e. The number of hydrogen-bond acceptors (Lipinski definition) is 3. The van der Waals surface area contributed by atoms with Gasteiger partial charge in [-0.3, -0.25) is 9.59 Å². The average Bonchev–Trinajstić information content (AvgIpc) is 2.71. The van der Waals surface area contributed by atoms with E-state index in [2.05, 4.69) is 0 Å². The Morgan fingerprint density at radius 1 is 1.14 bits per heavy atom. The maximum absolute atomic E-state index is 13.2. The minimum Gasteiger partial charge on any atom is -0.481 e. The Bertz CT molecular complexity index is 951. The Hall–Kier alpha value is -2.29. The van der Waals surface area contributed by atoms with E-state index in [9.17, 15) is 22.8 Å². The largest absolute Gasteiger partial charge is 0.481 e. The highest BCUT2D eigenvalue weighted by atomic mass is 35.5. The molecule has 0 saturated heterocycles. The topological polar surface area (TPSA) is 66.8 Å². The molecule has 1 aliphatic heterocycles. The predicted molar refractivity (Wildman–Crippen MR) is 100 cm³/mol. The molecule has 0 aromatic heterocycles. The molecule has 3 rings (SSSR count). The number of ether oxygens (including phenoxy) is 1. The van der Waals surface area contributed by atoms with E-state index in [1.165, 1.54) is 18.2 Å². The predicted octanol–water partition coefficient (Wildman–Crippen LogP) is 4.85. The van der Waals surface area contributed by atoms with Crippen molar-refractivity contribution in [1.82, 2.24) is 0 Å². The van der Waals surface area contributed by atoms with E-state index in [0.717, 1.165) is 0 Å². The number of anilines is 1. The number of carbonyl (C=O) groups excluding carboxylic acids is 1. The summed E-state index contributed by atoms with van der Waals surface area (Å²) in [5.74, 6) is -2.50. The molecule has 0 radical (unpaired) electrons. The van der Waals surface area contributed by atoms with E-state index in [4.69, 9.17) is 33.0 Å². The first-order chi connectivity index (χ1) is 13.6. The summed E-state index contributed by atoms with van der Waals surface area (Å²) in [6, 6.07) is 10.4. The van der Waals surface area contributed by atoms with Crippen LogP contribution in [-0.2, 0) is 14.3 Å². The SMILES string of the molecule is O=C(O)C[C@H]1O[C@H](c2ccccc2Cl)c2cc(Cl)ccc2N(CC(F)(F)F)C1=O. The number of carbonyl (C=O) groups is 2. The molecule has 1 heterocycles. The van der Waals surface area contributed by atoms with Crippen molar-refractivity contribution in [2.75, 3.05) is 11.4 Å². The molecule has 1 aliphatic rings. The standard InChI is InChI=1S/C19H14Cl2F3NO4/c20-10-5-6-14-12(7-10)17(11-3-1-2-4-13(11)21)29-15(8-16(26)27)18(28)25(14)9-19(22,23)24/h1-7,15,17H,8-9H2,(H,26,27)/t15-,17-/m1/s1. The lowest BCUT2D eigenvalue weighted by Gasteiger charge is -2.25. The number of rotatable bonds is 4. The summed E-state index contributed by atoms with van der Waals surface area (Å²) in [5, 5.41) is 9.60. The summed E-state index contributed by atoms with van der Waals surface area (Å²) in [7, 11) is 0. The highest BCUT2D eigenvalue weighted by molar-refractivity contribution is 6.31. The van der Waals surface area contributed by atoms with Crippen molar-refractivity contribution in [2.24, 2.45) is 0 Å². The maximum Gasteiger partial charge on any atom is 0.406 e. The van der Waals surface area contributed by atoms with Gasteiger partial charge in [-0.05, 0) is 24.3 Å². The fourth-order valence-electron chi connectivity index (χ4n) is 3.13. The number of carboxylic acids is 1. The van der Waals surface area contributed by atoms with Gasteiger partial charge in [-0.25, -0.2) is 0 Å². The van der Waals surface area contributed by atoms with Gasteiger partial charge < -0.3 is 14.7 Å². The third-order valence-electron chi connectivity index (χ3n) is 4.29. The minimum absolute atomic E-state index is 0.0745. The average molecular weight is 448 g/mol. The molecule has 0 bridgehead atoms. The van der Waals surface area contributed by atoms with Gasteiger partial charge in [0.2, 0.25) is 0 Å². The van der Waals surface area contributed by atoms with Gasteiger partial charge in [0.25, 0.3) is 5.91 Å². The van der Waals surface area contributed by atoms with Crippen molar-refractivity contribution in [1.29, 1.82) is 0 Å². The highest BCUT2D eigenvalue weighted by Gasteiger charge is 2.42. The van der Waals surface area contributed by atoms with Crippen molar-refractivity contribution in [3.8, 4) is 0 Å². The van der Waals surface area contributed by atoms with Crippen LogP contribution in [0.4, 0.5) is 18.9 Å². The van der Waals surface area contributed by atoms with Gasteiger partial charge in [-0.2, -0.15) is 13.2 Å². The van der Waals surface area contributed by atoms with Crippen LogP contribution in [0.3, 0.4) is 0 Å². The summed E-state index contributed by atoms with van der Waals surface area (Å²) >= 11 is 12.3. The van der Waals surface area contributed by atoms with Crippen LogP contribution >= 0.6 is 23.2 Å². The summed E-state index contributed by atoms with van der Waals surface area (Å²) in [6.45, 7) is -1.60. The Labute approximate surface area is 173 Å². The Balaban J connectivity index is 2.22. The second-order valence-corrected chi connectivity index (χ2v) is 7.21. The number of carboxylic acid groups (broad SMARTS) is 1. The van der Waals surface area contributed by atoms with Gasteiger partial charge in [0.1, 0.15) is 18.8 Å². The lowest BCUT2D eigenvalue weighted by atomic mass is 9.99. The van der Waals surface area contributed by atoms with E-state index < -0.39 is 43.2 Å². The lowest BCUT2D eigenvalue weighted by molar-refractivity contribution is -0.149. The lowest BCUT2D eigenvalue weighted by Crippen LogP contribution is -2.45. The molecule has 1 amide bonds. The van der Waals surface area contributed by atoms with Gasteiger partial charge in [0, 0.05) is 21.2 Å². The van der Waals surface area contributed by atoms with Crippen molar-refractivity contribution in [3.05, 3.63) is 63.6 Å². The molecular weight excluding hydrogens is 434 g/mol. The number of aliphatic carboxylic acids is 1. The van der Waals surface area contributed by atoms with Crippen LogP contribution in [0.25, 0.3) is 0 Å². The van der Waals surface area contributed by atoms with E-state index >= 15 is 0 Å².